The van der Waals surface area contributed by atoms with Gasteiger partial charge in [0, 0.05) is 17.5 Å². The van der Waals surface area contributed by atoms with Crippen LogP contribution in [0.4, 0.5) is 5.69 Å². The van der Waals surface area contributed by atoms with E-state index in [1.54, 1.807) is 11.3 Å². The molecule has 1 aromatic carbocycles. The SMILES string of the molecule is c1nc(CNc2ccc3c(c2)CCO3)cs1. The minimum atomic E-state index is 0.781. The number of thiazole rings is 1. The van der Waals surface area contributed by atoms with Crippen molar-refractivity contribution >= 4 is 17.0 Å². The molecule has 0 spiro atoms. The number of nitrogens with zero attached hydrogens (tertiary/aromatic N) is 1. The van der Waals surface area contributed by atoms with Crippen molar-refractivity contribution in [2.45, 2.75) is 13.0 Å². The molecule has 0 fully saturated rings. The molecule has 16 heavy (non-hydrogen) atoms. The van der Waals surface area contributed by atoms with Gasteiger partial charge in [-0.1, -0.05) is 0 Å². The Kier molecular flexibility index (Phi) is 2.50. The van der Waals surface area contributed by atoms with Gasteiger partial charge >= 0.3 is 0 Å². The average Bonchev–Trinajstić information content (AvgIpc) is 2.97. The third-order valence-corrected chi connectivity index (χ3v) is 3.28. The smallest absolute Gasteiger partial charge is 0.122 e. The second-order valence-corrected chi connectivity index (χ2v) is 4.47. The molecular formula is C12H12N2OS. The van der Waals surface area contributed by atoms with E-state index in [-0.39, 0.29) is 0 Å². The molecule has 2 aromatic rings. The molecule has 1 aliphatic heterocycles. The van der Waals surface area contributed by atoms with Gasteiger partial charge in [0.25, 0.3) is 0 Å². The van der Waals surface area contributed by atoms with Crippen LogP contribution in [0.15, 0.2) is 29.1 Å². The first-order chi connectivity index (χ1) is 7.92. The third-order valence-electron chi connectivity index (χ3n) is 2.65. The fourth-order valence-corrected chi connectivity index (χ4v) is 2.37. The van der Waals surface area contributed by atoms with Crippen molar-refractivity contribution in [2.24, 2.45) is 0 Å². The summed E-state index contributed by atoms with van der Waals surface area (Å²) in [7, 11) is 0. The van der Waals surface area contributed by atoms with E-state index >= 15 is 0 Å². The third kappa shape index (κ3) is 1.88. The Morgan fingerprint density at radius 1 is 1.44 bits per heavy atom. The second-order valence-electron chi connectivity index (χ2n) is 3.75. The van der Waals surface area contributed by atoms with Crippen molar-refractivity contribution in [3.05, 3.63) is 40.3 Å². The van der Waals surface area contributed by atoms with Crippen molar-refractivity contribution in [3.8, 4) is 5.75 Å². The van der Waals surface area contributed by atoms with Crippen molar-refractivity contribution in [1.82, 2.24) is 4.98 Å². The van der Waals surface area contributed by atoms with Crippen LogP contribution < -0.4 is 10.1 Å². The molecule has 3 nitrogen and oxygen atoms in total. The highest BCUT2D eigenvalue weighted by molar-refractivity contribution is 7.07. The van der Waals surface area contributed by atoms with Crippen LogP contribution in [0.1, 0.15) is 11.3 Å². The van der Waals surface area contributed by atoms with Crippen LogP contribution in [0.3, 0.4) is 0 Å². The Hall–Kier alpha value is -1.55. The van der Waals surface area contributed by atoms with Crippen LogP contribution in [0.5, 0.6) is 5.75 Å². The number of nitrogens with one attached hydrogen (secondary N) is 1. The van der Waals surface area contributed by atoms with Gasteiger partial charge < -0.3 is 10.1 Å². The molecule has 0 saturated carbocycles. The molecule has 0 radical (unpaired) electrons. The maximum atomic E-state index is 5.47. The summed E-state index contributed by atoms with van der Waals surface area (Å²) in [5, 5.41) is 5.42. The van der Waals surface area contributed by atoms with Gasteiger partial charge in [0.15, 0.2) is 0 Å². The van der Waals surface area contributed by atoms with Crippen molar-refractivity contribution in [3.63, 3.8) is 0 Å². The minimum Gasteiger partial charge on any atom is -0.493 e. The Labute approximate surface area is 98.1 Å². The predicted octanol–water partition coefficient (Wildman–Crippen LogP) is 2.69. The molecule has 1 aromatic heterocycles. The van der Waals surface area contributed by atoms with Crippen LogP contribution >= 0.6 is 11.3 Å². The van der Waals surface area contributed by atoms with Gasteiger partial charge in [-0.15, -0.1) is 11.3 Å². The predicted molar refractivity (Wildman–Crippen MR) is 65.1 cm³/mol. The molecule has 4 heteroatoms. The molecule has 1 aliphatic rings. The number of anilines is 1. The van der Waals surface area contributed by atoms with E-state index in [1.165, 1.54) is 5.56 Å². The summed E-state index contributed by atoms with van der Waals surface area (Å²) < 4.78 is 5.47. The van der Waals surface area contributed by atoms with E-state index in [9.17, 15) is 0 Å². The lowest BCUT2D eigenvalue weighted by Gasteiger charge is -2.06. The first kappa shape index (κ1) is 9.66. The molecule has 82 valence electrons. The highest BCUT2D eigenvalue weighted by atomic mass is 32.1. The molecule has 1 N–H and O–H groups in total. The lowest BCUT2D eigenvalue weighted by Crippen LogP contribution is -1.99. The molecule has 0 saturated heterocycles. The average molecular weight is 232 g/mol. The van der Waals surface area contributed by atoms with E-state index in [0.29, 0.717) is 0 Å². The Bertz CT molecular complexity index is 482. The van der Waals surface area contributed by atoms with Gasteiger partial charge in [-0.2, -0.15) is 0 Å². The van der Waals surface area contributed by atoms with E-state index in [4.69, 9.17) is 4.74 Å². The highest BCUT2D eigenvalue weighted by Crippen LogP contribution is 2.27. The zero-order valence-electron chi connectivity index (χ0n) is 8.77. The standard InChI is InChI=1S/C12H12N2OS/c1-2-12-9(3-4-15-12)5-10(1)13-6-11-7-16-8-14-11/h1-2,5,7-8,13H,3-4,6H2. The number of fused-ring (bicyclic) bond motifs is 1. The lowest BCUT2D eigenvalue weighted by molar-refractivity contribution is 0.357. The fourth-order valence-electron chi connectivity index (χ4n) is 1.81. The van der Waals surface area contributed by atoms with Gasteiger partial charge in [-0.3, -0.25) is 0 Å². The Morgan fingerprint density at radius 3 is 3.31 bits per heavy atom. The highest BCUT2D eigenvalue weighted by Gasteiger charge is 2.11. The maximum Gasteiger partial charge on any atom is 0.122 e. The Balaban J connectivity index is 1.71. The number of ether oxygens (including phenoxy) is 1. The van der Waals surface area contributed by atoms with Crippen LogP contribution in [0.2, 0.25) is 0 Å². The molecular weight excluding hydrogens is 220 g/mol. The van der Waals surface area contributed by atoms with Gasteiger partial charge in [-0.25, -0.2) is 4.98 Å². The van der Waals surface area contributed by atoms with Crippen LogP contribution in [-0.4, -0.2) is 11.6 Å². The molecule has 0 bridgehead atoms. The largest absolute Gasteiger partial charge is 0.493 e. The summed E-state index contributed by atoms with van der Waals surface area (Å²) in [6.07, 6.45) is 1.02. The topological polar surface area (TPSA) is 34.2 Å². The normalized spacial score (nSPS) is 13.2. The zero-order chi connectivity index (χ0) is 10.8. The van der Waals surface area contributed by atoms with Crippen molar-refractivity contribution in [1.29, 1.82) is 0 Å². The fraction of sp³-hybridized carbons (Fsp3) is 0.250. The summed E-state index contributed by atoms with van der Waals surface area (Å²) in [6.45, 7) is 1.59. The van der Waals surface area contributed by atoms with Gasteiger partial charge in [-0.05, 0) is 23.8 Å². The van der Waals surface area contributed by atoms with E-state index in [0.717, 1.165) is 36.7 Å². The summed E-state index contributed by atoms with van der Waals surface area (Å²) in [5.74, 6) is 1.03. The minimum absolute atomic E-state index is 0.781. The molecule has 3 rings (SSSR count). The molecule has 2 heterocycles. The molecule has 0 aliphatic carbocycles. The van der Waals surface area contributed by atoms with Gasteiger partial charge in [0.1, 0.15) is 5.75 Å². The molecule has 0 unspecified atom stereocenters. The van der Waals surface area contributed by atoms with Crippen molar-refractivity contribution < 1.29 is 4.74 Å². The summed E-state index contributed by atoms with van der Waals surface area (Å²) in [5.41, 5.74) is 5.37. The van der Waals surface area contributed by atoms with Crippen LogP contribution in [0, 0.1) is 0 Å². The Morgan fingerprint density at radius 2 is 2.44 bits per heavy atom. The molecule has 0 amide bonds. The zero-order valence-corrected chi connectivity index (χ0v) is 9.59. The summed E-state index contributed by atoms with van der Waals surface area (Å²) in [4.78, 5) is 4.24. The van der Waals surface area contributed by atoms with Gasteiger partial charge in [0.05, 0.1) is 24.4 Å². The van der Waals surface area contributed by atoms with Crippen LogP contribution in [0.25, 0.3) is 0 Å². The summed E-state index contributed by atoms with van der Waals surface area (Å²) >= 11 is 1.62. The number of hydrogen-bond donors (Lipinski definition) is 1. The lowest BCUT2D eigenvalue weighted by atomic mass is 10.1. The van der Waals surface area contributed by atoms with Gasteiger partial charge in [0.2, 0.25) is 0 Å². The number of rotatable bonds is 3. The first-order valence-electron chi connectivity index (χ1n) is 5.28. The number of hydrogen-bond acceptors (Lipinski definition) is 4. The van der Waals surface area contributed by atoms with Crippen LogP contribution in [-0.2, 0) is 13.0 Å². The quantitative estimate of drug-likeness (QED) is 0.883. The first-order valence-corrected chi connectivity index (χ1v) is 6.23. The monoisotopic (exact) mass is 232 g/mol. The number of aromatic nitrogens is 1. The maximum absolute atomic E-state index is 5.47. The number of benzene rings is 1. The molecule has 0 atom stereocenters. The van der Waals surface area contributed by atoms with E-state index in [1.807, 2.05) is 11.6 Å². The van der Waals surface area contributed by atoms with E-state index in [2.05, 4.69) is 27.8 Å². The van der Waals surface area contributed by atoms with Crippen molar-refractivity contribution in [2.75, 3.05) is 11.9 Å². The van der Waals surface area contributed by atoms with E-state index < -0.39 is 0 Å². The summed E-state index contributed by atoms with van der Waals surface area (Å²) in [6, 6.07) is 6.25. The second kappa shape index (κ2) is 4.14.